The molecule has 7 nitrogen and oxygen atoms in total. The lowest BCUT2D eigenvalue weighted by Gasteiger charge is -2.10. The maximum Gasteiger partial charge on any atom is 0.573 e. The molecule has 0 bridgehead atoms. The number of benzene rings is 2. The van der Waals surface area contributed by atoms with E-state index in [1.807, 2.05) is 6.92 Å². The monoisotopic (exact) mass is 413 g/mol. The van der Waals surface area contributed by atoms with Crippen LogP contribution in [0.1, 0.15) is 6.92 Å². The maximum absolute atomic E-state index is 12.1. The number of anilines is 1. The summed E-state index contributed by atoms with van der Waals surface area (Å²) in [5, 5.41) is 2.37. The Balaban J connectivity index is 1.70. The second-order valence-electron chi connectivity index (χ2n) is 5.47. The van der Waals surface area contributed by atoms with Crippen molar-refractivity contribution < 1.29 is 41.7 Å². The van der Waals surface area contributed by atoms with Crippen LogP contribution in [0, 0.1) is 0 Å². The van der Waals surface area contributed by atoms with E-state index >= 15 is 0 Å². The number of rotatable bonds is 9. The van der Waals surface area contributed by atoms with Crippen molar-refractivity contribution in [3.8, 4) is 17.2 Å². The van der Waals surface area contributed by atoms with E-state index in [4.69, 9.17) is 14.2 Å². The van der Waals surface area contributed by atoms with Crippen LogP contribution in [-0.2, 0) is 14.3 Å². The minimum absolute atomic E-state index is 0.214. The summed E-state index contributed by atoms with van der Waals surface area (Å²) < 4.78 is 55.3. The van der Waals surface area contributed by atoms with Gasteiger partial charge in [-0.15, -0.1) is 13.2 Å². The summed E-state index contributed by atoms with van der Waals surface area (Å²) in [6.45, 7) is 1.41. The van der Waals surface area contributed by atoms with Gasteiger partial charge in [-0.3, -0.25) is 4.79 Å². The number of amides is 1. The maximum atomic E-state index is 12.1. The van der Waals surface area contributed by atoms with Crippen LogP contribution >= 0.6 is 0 Å². The lowest BCUT2D eigenvalue weighted by atomic mass is 10.3. The smallest absolute Gasteiger partial charge is 0.494 e. The molecule has 0 atom stereocenters. The van der Waals surface area contributed by atoms with Crippen molar-refractivity contribution in [3.63, 3.8) is 0 Å². The van der Waals surface area contributed by atoms with Crippen molar-refractivity contribution in [2.24, 2.45) is 0 Å². The fourth-order valence-electron chi connectivity index (χ4n) is 2.07. The Morgan fingerprint density at radius 3 is 1.97 bits per heavy atom. The predicted octanol–water partition coefficient (Wildman–Crippen LogP) is 3.54. The number of ether oxygens (including phenoxy) is 4. The van der Waals surface area contributed by atoms with Gasteiger partial charge in [0.1, 0.15) is 17.2 Å². The van der Waals surface area contributed by atoms with Crippen molar-refractivity contribution in [2.75, 3.05) is 25.1 Å². The number of alkyl halides is 3. The molecule has 0 aromatic heterocycles. The largest absolute Gasteiger partial charge is 0.573 e. The molecule has 0 unspecified atom stereocenters. The molecule has 29 heavy (non-hydrogen) atoms. The van der Waals surface area contributed by atoms with Gasteiger partial charge in [0, 0.05) is 5.69 Å². The van der Waals surface area contributed by atoms with Crippen molar-refractivity contribution in [1.82, 2.24) is 0 Å². The fraction of sp³-hybridized carbons (Fsp3) is 0.263. The molecule has 0 aliphatic carbocycles. The first-order valence-corrected chi connectivity index (χ1v) is 8.42. The number of hydrogen-bond donors (Lipinski definition) is 1. The molecular weight excluding hydrogens is 395 g/mol. The number of halogens is 3. The van der Waals surface area contributed by atoms with Gasteiger partial charge in [0.2, 0.25) is 0 Å². The molecule has 0 fully saturated rings. The predicted molar refractivity (Wildman–Crippen MR) is 95.8 cm³/mol. The van der Waals surface area contributed by atoms with E-state index in [0.29, 0.717) is 18.1 Å². The van der Waals surface area contributed by atoms with Crippen molar-refractivity contribution in [3.05, 3.63) is 48.5 Å². The summed E-state index contributed by atoms with van der Waals surface area (Å²) in [7, 11) is 0. The Hall–Kier alpha value is -3.43. The minimum Gasteiger partial charge on any atom is -0.494 e. The van der Waals surface area contributed by atoms with E-state index in [1.165, 1.54) is 12.1 Å². The Kier molecular flexibility index (Phi) is 7.70. The van der Waals surface area contributed by atoms with E-state index in [0.717, 1.165) is 12.1 Å². The third-order valence-electron chi connectivity index (χ3n) is 3.23. The molecule has 0 radical (unpaired) electrons. The third-order valence-corrected chi connectivity index (χ3v) is 3.23. The molecule has 10 heteroatoms. The quantitative estimate of drug-likeness (QED) is 0.633. The van der Waals surface area contributed by atoms with E-state index < -0.39 is 37.2 Å². The fourth-order valence-corrected chi connectivity index (χ4v) is 2.07. The average Bonchev–Trinajstić information content (AvgIpc) is 2.66. The Morgan fingerprint density at radius 1 is 0.862 bits per heavy atom. The van der Waals surface area contributed by atoms with Crippen molar-refractivity contribution >= 4 is 17.6 Å². The molecule has 0 aliphatic rings. The minimum atomic E-state index is -4.80. The van der Waals surface area contributed by atoms with Gasteiger partial charge >= 0.3 is 12.3 Å². The highest BCUT2D eigenvalue weighted by atomic mass is 19.4. The Labute approximate surface area is 164 Å². The molecule has 0 heterocycles. The molecule has 0 saturated carbocycles. The van der Waals surface area contributed by atoms with E-state index in [9.17, 15) is 22.8 Å². The molecule has 0 spiro atoms. The van der Waals surface area contributed by atoms with Crippen LogP contribution in [0.4, 0.5) is 18.9 Å². The van der Waals surface area contributed by atoms with Crippen LogP contribution < -0.4 is 19.5 Å². The van der Waals surface area contributed by atoms with Crippen LogP contribution in [0.15, 0.2) is 48.5 Å². The molecule has 0 aliphatic heterocycles. The van der Waals surface area contributed by atoms with Gasteiger partial charge in [-0.2, -0.15) is 0 Å². The van der Waals surface area contributed by atoms with Crippen LogP contribution in [0.2, 0.25) is 0 Å². The first-order chi connectivity index (χ1) is 13.7. The van der Waals surface area contributed by atoms with Gasteiger partial charge in [-0.1, -0.05) is 0 Å². The zero-order valence-electron chi connectivity index (χ0n) is 15.3. The van der Waals surface area contributed by atoms with Crippen LogP contribution in [0.3, 0.4) is 0 Å². The summed E-state index contributed by atoms with van der Waals surface area (Å²) >= 11 is 0. The van der Waals surface area contributed by atoms with Gasteiger partial charge in [-0.05, 0) is 55.5 Å². The molecule has 2 aromatic rings. The average molecular weight is 413 g/mol. The number of esters is 1. The zero-order chi connectivity index (χ0) is 21.3. The SMILES string of the molecule is CCOc1ccc(OCC(=O)OCC(=O)Nc2ccc(OC(F)(F)F)cc2)cc1. The van der Waals surface area contributed by atoms with Crippen molar-refractivity contribution in [1.29, 1.82) is 0 Å². The lowest BCUT2D eigenvalue weighted by Crippen LogP contribution is -2.23. The second-order valence-corrected chi connectivity index (χ2v) is 5.47. The summed E-state index contributed by atoms with van der Waals surface area (Å²) in [6.07, 6.45) is -4.80. The molecule has 1 N–H and O–H groups in total. The molecular formula is C19H18F3NO6. The Morgan fingerprint density at radius 2 is 1.41 bits per heavy atom. The van der Waals surface area contributed by atoms with Gasteiger partial charge in [0.15, 0.2) is 13.2 Å². The van der Waals surface area contributed by atoms with Crippen LogP contribution in [0.25, 0.3) is 0 Å². The molecule has 2 rings (SSSR count). The number of hydrogen-bond acceptors (Lipinski definition) is 6. The van der Waals surface area contributed by atoms with Crippen LogP contribution in [-0.4, -0.2) is 38.1 Å². The highest BCUT2D eigenvalue weighted by Gasteiger charge is 2.30. The van der Waals surface area contributed by atoms with Gasteiger partial charge < -0.3 is 24.3 Å². The Bertz CT molecular complexity index is 806. The first-order valence-electron chi connectivity index (χ1n) is 8.42. The summed E-state index contributed by atoms with van der Waals surface area (Å²) in [4.78, 5) is 23.4. The topological polar surface area (TPSA) is 83.1 Å². The molecule has 156 valence electrons. The van der Waals surface area contributed by atoms with E-state index in [2.05, 4.69) is 10.1 Å². The van der Waals surface area contributed by atoms with E-state index in [1.54, 1.807) is 24.3 Å². The highest BCUT2D eigenvalue weighted by Crippen LogP contribution is 2.24. The molecule has 0 saturated heterocycles. The van der Waals surface area contributed by atoms with Crippen molar-refractivity contribution in [2.45, 2.75) is 13.3 Å². The summed E-state index contributed by atoms with van der Waals surface area (Å²) in [6, 6.07) is 11.1. The van der Waals surface area contributed by atoms with Crippen LogP contribution in [0.5, 0.6) is 17.2 Å². The number of nitrogens with one attached hydrogen (secondary N) is 1. The third kappa shape index (κ3) is 8.41. The van der Waals surface area contributed by atoms with Gasteiger partial charge in [0.05, 0.1) is 6.61 Å². The highest BCUT2D eigenvalue weighted by molar-refractivity contribution is 5.92. The normalized spacial score (nSPS) is 10.8. The second kappa shape index (κ2) is 10.2. The standard InChI is InChI=1S/C19H18F3NO6/c1-2-26-14-7-9-15(10-8-14)27-12-18(25)28-11-17(24)23-13-3-5-16(6-4-13)29-19(20,21)22/h3-10H,2,11-12H2,1H3,(H,23,24). The summed E-state index contributed by atoms with van der Waals surface area (Å²) in [5.74, 6) is -0.756. The van der Waals surface area contributed by atoms with Gasteiger partial charge in [-0.25, -0.2) is 4.79 Å². The molecule has 1 amide bonds. The van der Waals surface area contributed by atoms with Gasteiger partial charge in [0.25, 0.3) is 5.91 Å². The lowest BCUT2D eigenvalue weighted by molar-refractivity contribution is -0.274. The molecule has 2 aromatic carbocycles. The zero-order valence-corrected chi connectivity index (χ0v) is 15.3. The van der Waals surface area contributed by atoms with E-state index in [-0.39, 0.29) is 5.69 Å². The number of carbonyl (C=O) groups is 2. The summed E-state index contributed by atoms with van der Waals surface area (Å²) in [5.41, 5.74) is 0.214. The number of carbonyl (C=O) groups excluding carboxylic acids is 2. The first kappa shape index (κ1) is 21.9.